The van der Waals surface area contributed by atoms with E-state index in [-0.39, 0.29) is 5.82 Å². The van der Waals surface area contributed by atoms with Crippen LogP contribution in [-0.2, 0) is 0 Å². The molecule has 0 aliphatic rings. The highest BCUT2D eigenvalue weighted by Crippen LogP contribution is 2.29. The molecule has 0 aliphatic carbocycles. The van der Waals surface area contributed by atoms with Crippen molar-refractivity contribution in [1.82, 2.24) is 0 Å². The summed E-state index contributed by atoms with van der Waals surface area (Å²) in [6.45, 7) is 5.67. The van der Waals surface area contributed by atoms with Crippen molar-refractivity contribution in [3.63, 3.8) is 0 Å². The van der Waals surface area contributed by atoms with Crippen LogP contribution in [0, 0.1) is 26.6 Å². The van der Waals surface area contributed by atoms with Crippen LogP contribution in [0.15, 0.2) is 51.9 Å². The summed E-state index contributed by atoms with van der Waals surface area (Å²) in [6, 6.07) is 13.2. The van der Waals surface area contributed by atoms with E-state index in [4.69, 9.17) is 4.42 Å². The second kappa shape index (κ2) is 5.89. The van der Waals surface area contributed by atoms with Crippen LogP contribution in [0.1, 0.15) is 16.0 Å². The summed E-state index contributed by atoms with van der Waals surface area (Å²) >= 11 is 1.43. The van der Waals surface area contributed by atoms with Crippen LogP contribution in [0.2, 0.25) is 0 Å². The van der Waals surface area contributed by atoms with Gasteiger partial charge in [-0.3, -0.25) is 0 Å². The molecule has 0 fully saturated rings. The van der Waals surface area contributed by atoms with Crippen molar-refractivity contribution in [2.75, 3.05) is 0 Å². The zero-order valence-corrected chi connectivity index (χ0v) is 13.5. The lowest BCUT2D eigenvalue weighted by atomic mass is 10.1. The summed E-state index contributed by atoms with van der Waals surface area (Å²) in [7, 11) is 0. The molecule has 0 radical (unpaired) electrons. The topological polar surface area (TPSA) is 25.5 Å². The smallest absolute Gasteiger partial charge is 0.279 e. The Bertz CT molecular complexity index is 892. The maximum absolute atomic E-state index is 14.3. The van der Waals surface area contributed by atoms with Crippen molar-refractivity contribution < 1.29 is 8.81 Å². The fourth-order valence-corrected chi connectivity index (χ4v) is 3.03. The van der Waals surface area contributed by atoms with E-state index >= 15 is 0 Å². The van der Waals surface area contributed by atoms with Gasteiger partial charge in [0.25, 0.3) is 4.87 Å². The second-order valence-electron chi connectivity index (χ2n) is 5.19. The van der Waals surface area contributed by atoms with E-state index < -0.39 is 0 Å². The van der Waals surface area contributed by atoms with Gasteiger partial charge in [-0.1, -0.05) is 41.7 Å². The number of halogens is 1. The lowest BCUT2D eigenvalue weighted by Gasteiger charge is -2.02. The number of hydrogen-bond acceptors (Lipinski definition) is 3. The third-order valence-corrected chi connectivity index (χ3v) is 4.35. The summed E-state index contributed by atoms with van der Waals surface area (Å²) < 4.78 is 20.1. The normalized spacial score (nSPS) is 11.9. The summed E-state index contributed by atoms with van der Waals surface area (Å²) in [6.07, 6.45) is 0. The largest absolute Gasteiger partial charge is 0.429 e. The molecule has 2 nitrogen and oxygen atoms in total. The zero-order chi connectivity index (χ0) is 15.7. The molecular formula is C18H16FNOS. The van der Waals surface area contributed by atoms with E-state index in [1.807, 2.05) is 44.2 Å². The minimum Gasteiger partial charge on any atom is -0.429 e. The summed E-state index contributed by atoms with van der Waals surface area (Å²) in [5, 5.41) is 0. The summed E-state index contributed by atoms with van der Waals surface area (Å²) in [5.74, 6) is 0.313. The molecule has 0 N–H and O–H groups in total. The molecule has 0 saturated heterocycles. The fraction of sp³-hybridized carbons (Fsp3) is 0.167. The molecule has 0 spiro atoms. The highest BCUT2D eigenvalue weighted by molar-refractivity contribution is 7.09. The first-order chi connectivity index (χ1) is 10.6. The average molecular weight is 313 g/mol. The Morgan fingerprint density at radius 1 is 0.955 bits per heavy atom. The highest BCUT2D eigenvalue weighted by Gasteiger charge is 2.14. The molecule has 4 heteroatoms. The van der Waals surface area contributed by atoms with Gasteiger partial charge in [0.15, 0.2) is 5.76 Å². The average Bonchev–Trinajstić information content (AvgIpc) is 2.85. The SMILES string of the molecule is Cc1ccccc1N=c1oc(-c2cccc(C)c2F)c(C)s1. The van der Waals surface area contributed by atoms with E-state index in [9.17, 15) is 4.39 Å². The minimum atomic E-state index is -0.241. The molecule has 0 unspecified atom stereocenters. The lowest BCUT2D eigenvalue weighted by molar-refractivity contribution is 0.529. The van der Waals surface area contributed by atoms with Crippen molar-refractivity contribution >= 4 is 17.0 Å². The first-order valence-corrected chi connectivity index (χ1v) is 7.84. The van der Waals surface area contributed by atoms with Crippen LogP contribution in [0.5, 0.6) is 0 Å². The van der Waals surface area contributed by atoms with Gasteiger partial charge in [-0.2, -0.15) is 0 Å². The van der Waals surface area contributed by atoms with Crippen molar-refractivity contribution in [3.8, 4) is 11.3 Å². The molecule has 0 atom stereocenters. The first-order valence-electron chi connectivity index (χ1n) is 7.02. The van der Waals surface area contributed by atoms with Gasteiger partial charge >= 0.3 is 0 Å². The van der Waals surface area contributed by atoms with Crippen molar-refractivity contribution in [2.24, 2.45) is 4.99 Å². The number of rotatable bonds is 2. The molecule has 0 amide bonds. The van der Waals surface area contributed by atoms with E-state index in [1.165, 1.54) is 11.3 Å². The molecule has 1 heterocycles. The third-order valence-electron chi connectivity index (χ3n) is 3.51. The van der Waals surface area contributed by atoms with Crippen LogP contribution in [0.3, 0.4) is 0 Å². The Labute approximate surface area is 132 Å². The highest BCUT2D eigenvalue weighted by atomic mass is 32.1. The molecule has 3 rings (SSSR count). The lowest BCUT2D eigenvalue weighted by Crippen LogP contribution is -1.91. The molecule has 2 aromatic carbocycles. The summed E-state index contributed by atoms with van der Waals surface area (Å²) in [5.41, 5.74) is 3.03. The number of para-hydroxylation sites is 1. The number of benzene rings is 2. The maximum atomic E-state index is 14.3. The minimum absolute atomic E-state index is 0.241. The van der Waals surface area contributed by atoms with Crippen LogP contribution in [-0.4, -0.2) is 0 Å². The van der Waals surface area contributed by atoms with Crippen LogP contribution >= 0.6 is 11.3 Å². The van der Waals surface area contributed by atoms with Gasteiger partial charge in [0.05, 0.1) is 16.1 Å². The van der Waals surface area contributed by atoms with Crippen molar-refractivity contribution in [2.45, 2.75) is 20.8 Å². The molecule has 0 saturated carbocycles. The first kappa shape index (κ1) is 14.7. The van der Waals surface area contributed by atoms with Crippen LogP contribution in [0.4, 0.5) is 10.1 Å². The number of nitrogens with zero attached hydrogens (tertiary/aromatic N) is 1. The maximum Gasteiger partial charge on any atom is 0.279 e. The van der Waals surface area contributed by atoms with Gasteiger partial charge in [-0.25, -0.2) is 9.38 Å². The third kappa shape index (κ3) is 2.74. The molecular weight excluding hydrogens is 297 g/mol. The van der Waals surface area contributed by atoms with Gasteiger partial charge in [-0.05, 0) is 44.0 Å². The van der Waals surface area contributed by atoms with Crippen LogP contribution in [0.25, 0.3) is 11.3 Å². The van der Waals surface area contributed by atoms with Crippen LogP contribution < -0.4 is 4.87 Å². The van der Waals surface area contributed by atoms with Crippen molar-refractivity contribution in [3.05, 3.63) is 69.2 Å². The second-order valence-corrected chi connectivity index (χ2v) is 6.36. The standard InChI is InChI=1S/C18H16FNOS/c1-11-7-4-5-10-15(11)20-18-21-17(13(3)22-18)14-9-6-8-12(2)16(14)19/h4-10H,1-3H3. The van der Waals surface area contributed by atoms with E-state index in [2.05, 4.69) is 4.99 Å². The monoisotopic (exact) mass is 313 g/mol. The fourth-order valence-electron chi connectivity index (χ4n) is 2.26. The van der Waals surface area contributed by atoms with Gasteiger partial charge in [-0.15, -0.1) is 0 Å². The molecule has 22 heavy (non-hydrogen) atoms. The quantitative estimate of drug-likeness (QED) is 0.630. The Balaban J connectivity index is 2.12. The van der Waals surface area contributed by atoms with E-state index in [0.717, 1.165) is 16.1 Å². The summed E-state index contributed by atoms with van der Waals surface area (Å²) in [4.78, 5) is 5.97. The molecule has 112 valence electrons. The Hall–Kier alpha value is -2.20. The Kier molecular flexibility index (Phi) is 3.94. The number of hydrogen-bond donors (Lipinski definition) is 0. The van der Waals surface area contributed by atoms with Gasteiger partial charge in [0, 0.05) is 0 Å². The Morgan fingerprint density at radius 3 is 2.45 bits per heavy atom. The molecule has 0 aliphatic heterocycles. The Morgan fingerprint density at radius 2 is 1.68 bits per heavy atom. The van der Waals surface area contributed by atoms with Gasteiger partial charge < -0.3 is 4.42 Å². The zero-order valence-electron chi connectivity index (χ0n) is 12.7. The molecule has 0 bridgehead atoms. The van der Waals surface area contributed by atoms with E-state index in [1.54, 1.807) is 19.1 Å². The van der Waals surface area contributed by atoms with Gasteiger partial charge in [0.2, 0.25) is 0 Å². The predicted molar refractivity (Wildman–Crippen MR) is 87.9 cm³/mol. The van der Waals surface area contributed by atoms with Crippen molar-refractivity contribution in [1.29, 1.82) is 0 Å². The molecule has 1 aromatic heterocycles. The van der Waals surface area contributed by atoms with E-state index in [0.29, 0.717) is 21.8 Å². The predicted octanol–water partition coefficient (Wildman–Crippen LogP) is 5.30. The molecule has 3 aromatic rings. The number of aryl methyl sites for hydroxylation is 3. The van der Waals surface area contributed by atoms with Gasteiger partial charge in [0.1, 0.15) is 5.82 Å².